The molecule has 3 N–H and O–H groups in total. The van der Waals surface area contributed by atoms with Crippen molar-refractivity contribution in [3.63, 3.8) is 0 Å². The van der Waals surface area contributed by atoms with Gasteiger partial charge in [0.05, 0.1) is 29.3 Å². The third kappa shape index (κ3) is 8.14. The Morgan fingerprint density at radius 3 is 2.26 bits per heavy atom. The van der Waals surface area contributed by atoms with Crippen LogP contribution in [0.15, 0.2) is 113 Å². The number of rotatable bonds is 13. The number of aromatic nitrogens is 1. The Morgan fingerprint density at radius 2 is 1.64 bits per heavy atom. The highest BCUT2D eigenvalue weighted by Gasteiger charge is 2.25. The molecule has 241 valence electrons. The maximum absolute atomic E-state index is 11.9. The Balaban J connectivity index is 1.27. The molecule has 2 heterocycles. The van der Waals surface area contributed by atoms with Crippen LogP contribution < -0.4 is 25.6 Å². The SMILES string of the molecule is CC(CO[Si](c1ccccc1)c1ccccc1)Oc1cc(Oc2ccc(S(C)(=O)=O)cc2)cc2cc(C3=NCC(CC(N)=O)S3)[nH]c12. The van der Waals surface area contributed by atoms with Crippen molar-refractivity contribution in [3.05, 3.63) is 109 Å². The zero-order chi connectivity index (χ0) is 33.0. The number of primary amides is 1. The lowest BCUT2D eigenvalue weighted by molar-refractivity contribution is -0.117. The Kier molecular flexibility index (Phi) is 9.83. The molecule has 1 amide bonds. The smallest absolute Gasteiger partial charge is 0.283 e. The van der Waals surface area contributed by atoms with Crippen LogP contribution in [-0.2, 0) is 19.1 Å². The Bertz CT molecular complexity index is 1960. The first kappa shape index (κ1) is 32.6. The van der Waals surface area contributed by atoms with Crippen molar-refractivity contribution >= 4 is 62.9 Å². The van der Waals surface area contributed by atoms with Crippen LogP contribution in [0.2, 0.25) is 0 Å². The molecule has 1 aliphatic heterocycles. The van der Waals surface area contributed by atoms with E-state index < -0.39 is 18.9 Å². The number of ether oxygens (including phenoxy) is 2. The molecule has 0 saturated heterocycles. The van der Waals surface area contributed by atoms with Gasteiger partial charge in [-0.1, -0.05) is 72.4 Å². The molecule has 2 unspecified atom stereocenters. The fourth-order valence-electron chi connectivity index (χ4n) is 5.20. The number of hydrogen-bond acceptors (Lipinski definition) is 8. The van der Waals surface area contributed by atoms with Gasteiger partial charge in [-0.05, 0) is 53.7 Å². The summed E-state index contributed by atoms with van der Waals surface area (Å²) in [5, 5.41) is 3.93. The number of aromatic amines is 1. The van der Waals surface area contributed by atoms with Crippen LogP contribution >= 0.6 is 11.8 Å². The van der Waals surface area contributed by atoms with Crippen molar-refractivity contribution in [1.29, 1.82) is 0 Å². The molecule has 1 aromatic heterocycles. The summed E-state index contributed by atoms with van der Waals surface area (Å²) >= 11 is 1.52. The second-order valence-electron chi connectivity index (χ2n) is 11.3. The summed E-state index contributed by atoms with van der Waals surface area (Å²) < 4.78 is 43.2. The van der Waals surface area contributed by atoms with Crippen LogP contribution in [0.1, 0.15) is 19.0 Å². The summed E-state index contributed by atoms with van der Waals surface area (Å²) in [6.45, 7) is 2.83. The second kappa shape index (κ2) is 14.2. The summed E-state index contributed by atoms with van der Waals surface area (Å²) in [6.07, 6.45) is 1.11. The van der Waals surface area contributed by atoms with Gasteiger partial charge >= 0.3 is 0 Å². The third-order valence-electron chi connectivity index (χ3n) is 7.39. The molecule has 47 heavy (non-hydrogen) atoms. The van der Waals surface area contributed by atoms with Crippen LogP contribution in [0.4, 0.5) is 0 Å². The minimum absolute atomic E-state index is 0.000773. The molecule has 0 bridgehead atoms. The number of nitrogens with zero attached hydrogens (tertiary/aromatic N) is 1. The van der Waals surface area contributed by atoms with E-state index in [-0.39, 0.29) is 28.6 Å². The maximum Gasteiger partial charge on any atom is 0.283 e. The number of nitrogens with one attached hydrogen (secondary N) is 1. The molecule has 1 radical (unpaired) electrons. The lowest BCUT2D eigenvalue weighted by atomic mass is 10.2. The van der Waals surface area contributed by atoms with Gasteiger partial charge in [0.1, 0.15) is 28.4 Å². The van der Waals surface area contributed by atoms with E-state index in [0.717, 1.165) is 32.0 Å². The summed E-state index contributed by atoms with van der Waals surface area (Å²) in [7, 11) is -4.85. The number of hydrogen-bond donors (Lipinski definition) is 2. The highest BCUT2D eigenvalue weighted by Crippen LogP contribution is 2.37. The zero-order valence-corrected chi connectivity index (χ0v) is 28.5. The number of H-pyrrole nitrogens is 1. The standard InChI is InChI=1S/C35H34N3O6S2Si/c1-23(22-42-47(29-9-5-3-6-10-29)30-11-7-4-8-12-30)43-32-19-26(44-25-13-15-28(16-14-25)46(2,40)41)17-24-18-31(38-34(24)32)35-37-21-27(45-35)20-33(36)39/h3-19,23,27,38H,20-22H2,1-2H3,(H2,36,39). The topological polar surface area (TPSA) is 133 Å². The largest absolute Gasteiger partial charge is 0.486 e. The van der Waals surface area contributed by atoms with Crippen molar-refractivity contribution in [2.24, 2.45) is 10.7 Å². The number of sulfone groups is 1. The normalized spacial score (nSPS) is 15.5. The number of fused-ring (bicyclic) bond motifs is 1. The zero-order valence-electron chi connectivity index (χ0n) is 25.9. The van der Waals surface area contributed by atoms with E-state index in [4.69, 9.17) is 19.6 Å². The van der Waals surface area contributed by atoms with Gasteiger partial charge < -0.3 is 24.6 Å². The Labute approximate surface area is 279 Å². The van der Waals surface area contributed by atoms with Crippen molar-refractivity contribution in [3.8, 4) is 17.2 Å². The summed E-state index contributed by atoms with van der Waals surface area (Å²) in [4.78, 5) is 19.8. The van der Waals surface area contributed by atoms with Gasteiger partial charge in [0.25, 0.3) is 9.04 Å². The van der Waals surface area contributed by atoms with Gasteiger partial charge in [-0.2, -0.15) is 0 Å². The molecule has 1 aliphatic rings. The van der Waals surface area contributed by atoms with Crippen molar-refractivity contribution in [1.82, 2.24) is 4.98 Å². The minimum atomic E-state index is -3.33. The van der Waals surface area contributed by atoms with Gasteiger partial charge in [0, 0.05) is 29.4 Å². The highest BCUT2D eigenvalue weighted by molar-refractivity contribution is 8.15. The van der Waals surface area contributed by atoms with Gasteiger partial charge in [0.15, 0.2) is 9.84 Å². The fraction of sp³-hybridized carbons (Fsp3) is 0.200. The number of nitrogens with two attached hydrogens (primary N) is 1. The van der Waals surface area contributed by atoms with E-state index in [9.17, 15) is 13.2 Å². The summed E-state index contributed by atoms with van der Waals surface area (Å²) in [5.74, 6) is 1.22. The summed E-state index contributed by atoms with van der Waals surface area (Å²) in [5.41, 5.74) is 7.00. The van der Waals surface area contributed by atoms with E-state index in [2.05, 4.69) is 34.2 Å². The van der Waals surface area contributed by atoms with Crippen molar-refractivity contribution in [2.75, 3.05) is 19.4 Å². The van der Waals surface area contributed by atoms with Crippen LogP contribution in [0.25, 0.3) is 10.9 Å². The fourth-order valence-corrected chi connectivity index (χ4v) is 8.99. The van der Waals surface area contributed by atoms with Crippen LogP contribution in [-0.4, -0.2) is 64.2 Å². The number of carbonyl (C=O) groups is 1. The number of thioether (sulfide) groups is 1. The number of carbonyl (C=O) groups excluding carboxylic acids is 1. The molecular formula is C35H34N3O6S2Si. The van der Waals surface area contributed by atoms with E-state index in [1.54, 1.807) is 12.1 Å². The monoisotopic (exact) mass is 684 g/mol. The quantitative estimate of drug-likeness (QED) is 0.172. The second-order valence-corrected chi connectivity index (χ2v) is 16.7. The van der Waals surface area contributed by atoms with E-state index in [1.165, 1.54) is 30.2 Å². The number of aliphatic imine (C=N–C) groups is 1. The van der Waals surface area contributed by atoms with Crippen LogP contribution in [0.3, 0.4) is 0 Å². The third-order valence-corrected chi connectivity index (χ3v) is 11.9. The predicted molar refractivity (Wildman–Crippen MR) is 188 cm³/mol. The van der Waals surface area contributed by atoms with E-state index in [1.807, 2.05) is 61.5 Å². The van der Waals surface area contributed by atoms with Gasteiger partial charge in [0.2, 0.25) is 5.91 Å². The van der Waals surface area contributed by atoms with Gasteiger partial charge in [-0.15, -0.1) is 0 Å². The van der Waals surface area contributed by atoms with Crippen LogP contribution in [0.5, 0.6) is 17.2 Å². The molecular weight excluding hydrogens is 651 g/mol. The van der Waals surface area contributed by atoms with E-state index >= 15 is 0 Å². The molecule has 0 saturated carbocycles. The van der Waals surface area contributed by atoms with Crippen LogP contribution in [0, 0.1) is 0 Å². The number of benzene rings is 4. The first-order chi connectivity index (χ1) is 22.6. The van der Waals surface area contributed by atoms with Crippen molar-refractivity contribution in [2.45, 2.75) is 29.6 Å². The maximum atomic E-state index is 11.9. The van der Waals surface area contributed by atoms with Gasteiger partial charge in [-0.25, -0.2) is 8.42 Å². The first-order valence-electron chi connectivity index (χ1n) is 15.0. The Hall–Kier alpha value is -4.36. The molecule has 5 aromatic rings. The minimum Gasteiger partial charge on any atom is -0.486 e. The molecule has 9 nitrogen and oxygen atoms in total. The molecule has 12 heteroatoms. The van der Waals surface area contributed by atoms with E-state index in [0.29, 0.717) is 30.4 Å². The molecule has 0 fully saturated rings. The lowest BCUT2D eigenvalue weighted by Gasteiger charge is -2.21. The summed E-state index contributed by atoms with van der Waals surface area (Å²) in [6, 6.07) is 32.4. The Morgan fingerprint density at radius 1 is 0.979 bits per heavy atom. The predicted octanol–water partition coefficient (Wildman–Crippen LogP) is 4.69. The average molecular weight is 685 g/mol. The first-order valence-corrected chi connectivity index (χ1v) is 19.2. The highest BCUT2D eigenvalue weighted by atomic mass is 32.2. The molecule has 6 rings (SSSR count). The lowest BCUT2D eigenvalue weighted by Crippen LogP contribution is -2.46. The number of amides is 1. The molecule has 0 spiro atoms. The average Bonchev–Trinajstić information content (AvgIpc) is 3.69. The molecule has 4 aromatic carbocycles. The van der Waals surface area contributed by atoms with Gasteiger partial charge in [-0.3, -0.25) is 9.79 Å². The molecule has 2 atom stereocenters. The molecule has 0 aliphatic carbocycles. The van der Waals surface area contributed by atoms with Crippen molar-refractivity contribution < 1.29 is 27.1 Å².